The fraction of sp³-hybridized carbons (Fsp3) is 0.286. The largest absolute Gasteiger partial charge is 0.370 e. The third kappa shape index (κ3) is 4.15. The Hall–Kier alpha value is -2.57. The predicted octanol–water partition coefficient (Wildman–Crippen LogP) is 0.660. The monoisotopic (exact) mass is 397 g/mol. The summed E-state index contributed by atoms with van der Waals surface area (Å²) in [5.74, 6) is -0.518. The van der Waals surface area contributed by atoms with Crippen LogP contribution in [0.15, 0.2) is 28.6 Å². The molecule has 138 valence electrons. The summed E-state index contributed by atoms with van der Waals surface area (Å²) in [5, 5.41) is 9.66. The van der Waals surface area contributed by atoms with Gasteiger partial charge in [-0.05, 0) is 24.3 Å². The summed E-state index contributed by atoms with van der Waals surface area (Å²) in [6.45, 7) is 2.21. The van der Waals surface area contributed by atoms with E-state index in [0.717, 1.165) is 11.3 Å². The molecule has 0 atom stereocenters. The van der Waals surface area contributed by atoms with Gasteiger partial charge in [0, 0.05) is 24.8 Å². The smallest absolute Gasteiger partial charge is 0.291 e. The lowest BCUT2D eigenvalue weighted by molar-refractivity contribution is -0.125. The van der Waals surface area contributed by atoms with Gasteiger partial charge in [-0.1, -0.05) is 11.3 Å². The SMILES string of the molecule is CC(=O)Nc1nnc(S(=O)(=O)Nc2ccc(N3CCOCC3=O)cc2)s1. The second-order valence-electron chi connectivity index (χ2n) is 5.30. The van der Waals surface area contributed by atoms with Crippen LogP contribution in [0.4, 0.5) is 16.5 Å². The zero-order valence-corrected chi connectivity index (χ0v) is 15.3. The fourth-order valence-electron chi connectivity index (χ4n) is 2.22. The number of benzene rings is 1. The zero-order valence-electron chi connectivity index (χ0n) is 13.6. The maximum atomic E-state index is 12.3. The highest BCUT2D eigenvalue weighted by Crippen LogP contribution is 2.24. The first-order valence-electron chi connectivity index (χ1n) is 7.47. The summed E-state index contributed by atoms with van der Waals surface area (Å²) in [6, 6.07) is 6.38. The van der Waals surface area contributed by atoms with Crippen molar-refractivity contribution < 1.29 is 22.7 Å². The van der Waals surface area contributed by atoms with E-state index in [4.69, 9.17) is 4.74 Å². The highest BCUT2D eigenvalue weighted by Gasteiger charge is 2.22. The van der Waals surface area contributed by atoms with E-state index in [1.54, 1.807) is 29.2 Å². The standard InChI is InChI=1S/C14H15N5O5S2/c1-9(20)15-13-16-17-14(25-13)26(22,23)18-10-2-4-11(5-3-10)19-6-7-24-8-12(19)21/h2-5,18H,6-8H2,1H3,(H,15,16,20). The topological polar surface area (TPSA) is 131 Å². The minimum atomic E-state index is -3.93. The van der Waals surface area contributed by atoms with Gasteiger partial charge in [-0.2, -0.15) is 8.42 Å². The molecule has 0 spiro atoms. The Kier molecular flexibility index (Phi) is 5.15. The molecule has 1 aliphatic rings. The van der Waals surface area contributed by atoms with Gasteiger partial charge in [-0.25, -0.2) is 0 Å². The number of carbonyl (C=O) groups excluding carboxylic acids is 2. The van der Waals surface area contributed by atoms with E-state index in [2.05, 4.69) is 20.2 Å². The molecule has 0 bridgehead atoms. The summed E-state index contributed by atoms with van der Waals surface area (Å²) in [4.78, 5) is 24.4. The van der Waals surface area contributed by atoms with Crippen molar-refractivity contribution in [3.63, 3.8) is 0 Å². The molecule has 1 aliphatic heterocycles. The highest BCUT2D eigenvalue weighted by atomic mass is 32.2. The Labute approximate surface area is 153 Å². The van der Waals surface area contributed by atoms with Crippen molar-refractivity contribution in [3.8, 4) is 0 Å². The van der Waals surface area contributed by atoms with Crippen LogP contribution in [0.5, 0.6) is 0 Å². The van der Waals surface area contributed by atoms with Gasteiger partial charge >= 0.3 is 0 Å². The summed E-state index contributed by atoms with van der Waals surface area (Å²) in [7, 11) is -3.93. The molecule has 2 amide bonds. The Morgan fingerprint density at radius 1 is 1.27 bits per heavy atom. The Morgan fingerprint density at radius 2 is 2.00 bits per heavy atom. The Bertz CT molecular complexity index is 925. The molecule has 12 heteroatoms. The van der Waals surface area contributed by atoms with E-state index < -0.39 is 10.0 Å². The molecule has 1 fully saturated rings. The molecule has 0 unspecified atom stereocenters. The number of hydrogen-bond acceptors (Lipinski definition) is 8. The normalized spacial score (nSPS) is 15.0. The maximum absolute atomic E-state index is 12.3. The van der Waals surface area contributed by atoms with Crippen LogP contribution in [0.2, 0.25) is 0 Å². The van der Waals surface area contributed by atoms with Crippen molar-refractivity contribution in [1.29, 1.82) is 0 Å². The lowest BCUT2D eigenvalue weighted by Gasteiger charge is -2.26. The first-order chi connectivity index (χ1) is 12.3. The first kappa shape index (κ1) is 18.2. The van der Waals surface area contributed by atoms with Crippen molar-refractivity contribution in [1.82, 2.24) is 10.2 Å². The van der Waals surface area contributed by atoms with Crippen LogP contribution >= 0.6 is 11.3 Å². The number of hydrogen-bond donors (Lipinski definition) is 2. The number of aromatic nitrogens is 2. The van der Waals surface area contributed by atoms with Gasteiger partial charge in [-0.3, -0.25) is 14.3 Å². The van der Waals surface area contributed by atoms with Crippen molar-refractivity contribution in [2.75, 3.05) is 34.7 Å². The van der Waals surface area contributed by atoms with Crippen LogP contribution in [0, 0.1) is 0 Å². The molecule has 1 aromatic carbocycles. The molecule has 0 saturated carbocycles. The molecule has 10 nitrogen and oxygen atoms in total. The number of anilines is 3. The average Bonchev–Trinajstić information content (AvgIpc) is 3.05. The number of ether oxygens (including phenoxy) is 1. The summed E-state index contributed by atoms with van der Waals surface area (Å²) in [6.07, 6.45) is 0. The number of amides is 2. The van der Waals surface area contributed by atoms with Gasteiger partial charge in [0.2, 0.25) is 11.0 Å². The van der Waals surface area contributed by atoms with Gasteiger partial charge in [0.05, 0.1) is 6.61 Å². The van der Waals surface area contributed by atoms with Crippen LogP contribution in [-0.2, 0) is 24.3 Å². The quantitative estimate of drug-likeness (QED) is 0.709. The van der Waals surface area contributed by atoms with Crippen LogP contribution in [0.25, 0.3) is 0 Å². The van der Waals surface area contributed by atoms with Gasteiger partial charge < -0.3 is 15.0 Å². The van der Waals surface area contributed by atoms with E-state index in [1.165, 1.54) is 6.92 Å². The number of nitrogens with zero attached hydrogens (tertiary/aromatic N) is 3. The van der Waals surface area contributed by atoms with Crippen LogP contribution < -0.4 is 14.9 Å². The molecular weight excluding hydrogens is 382 g/mol. The molecule has 3 rings (SSSR count). The van der Waals surface area contributed by atoms with Crippen molar-refractivity contribution in [3.05, 3.63) is 24.3 Å². The number of sulfonamides is 1. The van der Waals surface area contributed by atoms with E-state index in [9.17, 15) is 18.0 Å². The third-order valence-electron chi connectivity index (χ3n) is 3.34. The fourth-order valence-corrected chi connectivity index (χ4v) is 4.22. The number of nitrogens with one attached hydrogen (secondary N) is 2. The summed E-state index contributed by atoms with van der Waals surface area (Å²) < 4.78 is 31.9. The molecule has 2 aromatic rings. The first-order valence-corrected chi connectivity index (χ1v) is 9.77. The van der Waals surface area contributed by atoms with E-state index in [-0.39, 0.29) is 27.9 Å². The molecule has 26 heavy (non-hydrogen) atoms. The zero-order chi connectivity index (χ0) is 18.7. The van der Waals surface area contributed by atoms with Gasteiger partial charge in [-0.15, -0.1) is 10.2 Å². The summed E-state index contributed by atoms with van der Waals surface area (Å²) >= 11 is 0.742. The summed E-state index contributed by atoms with van der Waals surface area (Å²) in [5.41, 5.74) is 0.968. The van der Waals surface area contributed by atoms with E-state index >= 15 is 0 Å². The lowest BCUT2D eigenvalue weighted by atomic mass is 10.2. The Morgan fingerprint density at radius 3 is 2.65 bits per heavy atom. The molecule has 2 heterocycles. The highest BCUT2D eigenvalue weighted by molar-refractivity contribution is 7.94. The molecular formula is C14H15N5O5S2. The Balaban J connectivity index is 1.72. The second-order valence-corrected chi connectivity index (χ2v) is 8.14. The lowest BCUT2D eigenvalue weighted by Crippen LogP contribution is -2.41. The average molecular weight is 397 g/mol. The second kappa shape index (κ2) is 7.35. The minimum Gasteiger partial charge on any atom is -0.370 e. The number of morpholine rings is 1. The molecule has 1 saturated heterocycles. The molecule has 1 aromatic heterocycles. The van der Waals surface area contributed by atoms with Crippen LogP contribution in [-0.4, -0.2) is 50.2 Å². The van der Waals surface area contributed by atoms with Gasteiger partial charge in [0.25, 0.3) is 20.3 Å². The van der Waals surface area contributed by atoms with Crippen molar-refractivity contribution in [2.24, 2.45) is 0 Å². The number of rotatable bonds is 5. The maximum Gasteiger partial charge on any atom is 0.291 e. The number of carbonyl (C=O) groups is 2. The van der Waals surface area contributed by atoms with Crippen molar-refractivity contribution in [2.45, 2.75) is 11.3 Å². The minimum absolute atomic E-state index is 0.0298. The molecule has 0 radical (unpaired) electrons. The predicted molar refractivity (Wildman–Crippen MR) is 94.6 cm³/mol. The van der Waals surface area contributed by atoms with Gasteiger partial charge in [0.15, 0.2) is 0 Å². The van der Waals surface area contributed by atoms with Crippen LogP contribution in [0.3, 0.4) is 0 Å². The third-order valence-corrected chi connectivity index (χ3v) is 5.92. The van der Waals surface area contributed by atoms with Gasteiger partial charge in [0.1, 0.15) is 6.61 Å². The van der Waals surface area contributed by atoms with Crippen LogP contribution in [0.1, 0.15) is 6.92 Å². The van der Waals surface area contributed by atoms with Crippen molar-refractivity contribution >= 4 is 49.7 Å². The van der Waals surface area contributed by atoms with E-state index in [0.29, 0.717) is 24.5 Å². The molecule has 0 aliphatic carbocycles. The molecule has 2 N–H and O–H groups in total. The van der Waals surface area contributed by atoms with E-state index in [1.807, 2.05) is 0 Å².